The predicted octanol–water partition coefficient (Wildman–Crippen LogP) is 18.3. The fourth-order valence-corrected chi connectivity index (χ4v) is 17.6. The van der Waals surface area contributed by atoms with Gasteiger partial charge in [0.2, 0.25) is 0 Å². The summed E-state index contributed by atoms with van der Waals surface area (Å²) < 4.78 is 123. The van der Waals surface area contributed by atoms with E-state index in [1.54, 1.807) is 111 Å². The van der Waals surface area contributed by atoms with E-state index in [9.17, 15) is 0 Å². The Bertz CT molecular complexity index is 3580. The average Bonchev–Trinajstić information content (AvgIpc) is 1.14. The van der Waals surface area contributed by atoms with Crippen molar-refractivity contribution in [2.24, 2.45) is 0 Å². The van der Waals surface area contributed by atoms with Crippen LogP contribution in [0.1, 0.15) is 103 Å². The van der Waals surface area contributed by atoms with Gasteiger partial charge in [0, 0.05) is 22.3 Å². The molecule has 0 unspecified atom stereocenters. The normalized spacial score (nSPS) is 19.8. The van der Waals surface area contributed by atoms with Crippen molar-refractivity contribution in [1.82, 2.24) is 5.06 Å². The minimum atomic E-state index is -1.92. The molecule has 0 saturated carbocycles. The number of hydroxylamine groups is 2. The highest BCUT2D eigenvalue weighted by molar-refractivity contribution is 6.39. The van der Waals surface area contributed by atoms with E-state index in [0.29, 0.717) is 66.8 Å². The molecule has 0 aromatic heterocycles. The van der Waals surface area contributed by atoms with Crippen molar-refractivity contribution in [3.05, 3.63) is 350 Å². The van der Waals surface area contributed by atoms with E-state index < -0.39 is 79.3 Å². The van der Waals surface area contributed by atoms with E-state index in [2.05, 4.69) is 0 Å². The highest BCUT2D eigenvalue weighted by Gasteiger charge is 2.76. The molecule has 0 saturated heterocycles. The number of fused-ring (bicyclic) bond motifs is 10. The molecule has 14 heteroatoms. The van der Waals surface area contributed by atoms with E-state index in [0.717, 1.165) is 5.06 Å². The second-order valence-corrected chi connectivity index (χ2v) is 23.3. The quantitative estimate of drug-likeness (QED) is 0.139. The molecule has 82 heavy (non-hydrogen) atoms. The van der Waals surface area contributed by atoms with Gasteiger partial charge in [0.25, 0.3) is 0 Å². The third-order valence-corrected chi connectivity index (χ3v) is 19.9. The molecule has 4 aliphatic rings. The Hall–Kier alpha value is -7.28. The van der Waals surface area contributed by atoms with Crippen LogP contribution in [0.4, 0.5) is 35.1 Å². The smallest absolute Gasteiger partial charge is 0.123 e. The largest absolute Gasteiger partial charge is 0.207 e. The zero-order valence-electron chi connectivity index (χ0n) is 42.9. The van der Waals surface area contributed by atoms with Crippen LogP contribution in [0.15, 0.2) is 194 Å². The molecule has 14 rings (SSSR count). The van der Waals surface area contributed by atoms with Gasteiger partial charge in [0.1, 0.15) is 57.6 Å². The van der Waals surface area contributed by atoms with Crippen LogP contribution in [-0.2, 0) is 37.9 Å². The first-order chi connectivity index (χ1) is 39.3. The summed E-state index contributed by atoms with van der Waals surface area (Å²) in [6.07, 6.45) is 0. The predicted molar refractivity (Wildman–Crippen MR) is 299 cm³/mol. The van der Waals surface area contributed by atoms with Crippen molar-refractivity contribution in [1.29, 1.82) is 0 Å². The van der Waals surface area contributed by atoms with Gasteiger partial charge in [0.05, 0.1) is 41.8 Å². The van der Waals surface area contributed by atoms with Gasteiger partial charge in [-0.05, 0) is 178 Å². The highest BCUT2D eigenvalue weighted by atomic mass is 35.5. The van der Waals surface area contributed by atoms with Gasteiger partial charge in [-0.3, -0.25) is 0 Å². The molecule has 2 nitrogen and oxygen atoms in total. The number of rotatable bonds is 8. The Balaban J connectivity index is 1.17. The van der Waals surface area contributed by atoms with Crippen LogP contribution in [0.3, 0.4) is 0 Å². The second-order valence-electron chi connectivity index (χ2n) is 21.7. The molecule has 2 aliphatic carbocycles. The van der Waals surface area contributed by atoms with Gasteiger partial charge in [0.15, 0.2) is 0 Å². The van der Waals surface area contributed by atoms with Crippen LogP contribution in [0.2, 0.25) is 20.1 Å². The van der Waals surface area contributed by atoms with Gasteiger partial charge in [-0.15, -0.1) is 10.3 Å². The first-order valence-corrected chi connectivity index (χ1v) is 27.5. The fraction of sp³-hybridized carbons (Fsp3) is 0.118. The third-order valence-electron chi connectivity index (χ3n) is 18.4. The molecule has 2 bridgehead atoms. The Morgan fingerprint density at radius 3 is 0.488 bits per heavy atom. The van der Waals surface area contributed by atoms with Crippen LogP contribution in [0.5, 0.6) is 0 Å². The van der Waals surface area contributed by atoms with Crippen LogP contribution in [0.25, 0.3) is 0 Å². The van der Waals surface area contributed by atoms with Gasteiger partial charge >= 0.3 is 0 Å². The van der Waals surface area contributed by atoms with E-state index in [-0.39, 0.29) is 42.3 Å². The van der Waals surface area contributed by atoms with E-state index in [4.69, 9.17) is 46.4 Å². The Morgan fingerprint density at radius 2 is 0.366 bits per heavy atom. The zero-order chi connectivity index (χ0) is 57.4. The SMILES string of the molecule is CC12c3c(Cl)c4c(c(Cl)c3C(C)(c3c(Cl)c5c(c(Cl)c31)C(c1ccc(F)cc1)(c1ccc(F)cc1)C5(c1ccc(F)cc1)c1ccc(F)cc1)N2[O])C(c1ccc(F)cc1)(c1ccc(F)cc1)C4(c1ccc(F)cc1)c1ccc(F)cc1. The molecule has 0 atom stereocenters. The lowest BCUT2D eigenvalue weighted by Crippen LogP contribution is -2.62. The molecule has 0 spiro atoms. The third kappa shape index (κ3) is 6.15. The maximum absolute atomic E-state index is 16.5. The summed E-state index contributed by atoms with van der Waals surface area (Å²) >= 11 is 32.9. The topological polar surface area (TPSA) is 23.1 Å². The summed E-state index contributed by atoms with van der Waals surface area (Å²) in [6, 6.07) is 45.0. The summed E-state index contributed by atoms with van der Waals surface area (Å²) in [5, 5.41) is 17.3. The lowest BCUT2D eigenvalue weighted by atomic mass is 9.37. The van der Waals surface area contributed by atoms with Crippen molar-refractivity contribution < 1.29 is 40.3 Å². The summed E-state index contributed by atoms with van der Waals surface area (Å²) in [4.78, 5) is 0. The van der Waals surface area contributed by atoms with Crippen molar-refractivity contribution >= 4 is 46.4 Å². The molecule has 405 valence electrons. The van der Waals surface area contributed by atoms with Crippen LogP contribution >= 0.6 is 46.4 Å². The molecule has 0 amide bonds. The van der Waals surface area contributed by atoms with Gasteiger partial charge in [-0.1, -0.05) is 143 Å². The monoisotopic (exact) mass is 1180 g/mol. The Kier molecular flexibility index (Phi) is 11.5. The van der Waals surface area contributed by atoms with Crippen LogP contribution in [-0.4, -0.2) is 5.06 Å². The van der Waals surface area contributed by atoms with E-state index in [1.165, 1.54) is 97.1 Å². The van der Waals surface area contributed by atoms with Crippen molar-refractivity contribution in [2.45, 2.75) is 46.6 Å². The van der Waals surface area contributed by atoms with Crippen LogP contribution < -0.4 is 0 Å². The Labute approximate surface area is 485 Å². The van der Waals surface area contributed by atoms with Crippen molar-refractivity contribution in [2.75, 3.05) is 0 Å². The second kappa shape index (κ2) is 17.9. The number of benzene rings is 10. The van der Waals surface area contributed by atoms with Gasteiger partial charge in [-0.25, -0.2) is 35.1 Å². The van der Waals surface area contributed by atoms with E-state index >= 15 is 40.3 Å². The lowest BCUT2D eigenvalue weighted by molar-refractivity contribution is -0.240. The minimum Gasteiger partial charge on any atom is -0.207 e. The summed E-state index contributed by atoms with van der Waals surface area (Å²) in [5.74, 6) is -4.74. The zero-order valence-corrected chi connectivity index (χ0v) is 45.9. The Morgan fingerprint density at radius 1 is 0.244 bits per heavy atom. The number of halogens is 12. The summed E-state index contributed by atoms with van der Waals surface area (Å²) in [6.45, 7) is 3.29. The molecule has 10 aromatic carbocycles. The highest BCUT2D eigenvalue weighted by Crippen LogP contribution is 2.80. The molecular weight excluding hydrogens is 1140 g/mol. The van der Waals surface area contributed by atoms with E-state index in [1.807, 2.05) is 0 Å². The lowest BCUT2D eigenvalue weighted by Gasteiger charge is -2.64. The maximum atomic E-state index is 16.5. The number of nitrogens with zero attached hydrogens (tertiary/aromatic N) is 1. The number of hydrogen-bond acceptors (Lipinski definition) is 1. The van der Waals surface area contributed by atoms with Gasteiger partial charge < -0.3 is 0 Å². The first-order valence-electron chi connectivity index (χ1n) is 26.0. The maximum Gasteiger partial charge on any atom is 0.123 e. The molecular formula is C68H38Cl4F8NO. The summed E-state index contributed by atoms with van der Waals surface area (Å²) in [5.41, 5.74) is -5.29. The molecule has 10 aromatic rings. The van der Waals surface area contributed by atoms with Crippen molar-refractivity contribution in [3.63, 3.8) is 0 Å². The molecule has 1 radical (unpaired) electrons. The average molecular weight is 1180 g/mol. The molecule has 0 N–H and O–H groups in total. The molecule has 2 aliphatic heterocycles. The van der Waals surface area contributed by atoms with Crippen molar-refractivity contribution in [3.8, 4) is 0 Å². The first kappa shape index (κ1) is 52.8. The molecule has 0 fully saturated rings. The fourth-order valence-electron chi connectivity index (χ4n) is 15.5. The minimum absolute atomic E-state index is 0.00537. The van der Waals surface area contributed by atoms with Gasteiger partial charge in [-0.2, -0.15) is 0 Å². The summed E-state index contributed by atoms with van der Waals surface area (Å²) in [7, 11) is 0. The molecule has 2 heterocycles. The van der Waals surface area contributed by atoms with Crippen LogP contribution in [0, 0.1) is 46.5 Å². The standard InChI is InChI=1S/C68H38Cl4F8NO/c1-63-51-53(61(71)57-55(59(51)69)65(35-3-19-43(73)20-4-35,36-5-21-44(74)22-6-36)67(57,39-11-27-47(77)28-12-39)40-13-29-48(78)30-14-40)64(2,81(63)82)54-52(63)60(70)56-58(62(54)72)68(41-15-31-49(79)32-16-41,42-17-33-50(80)34-18-42)66(56,37-7-23-45(75)24-8-37)38-9-25-46(76)26-10-38/h3-34H,1-2H3. The number of hydrogen-bond donors (Lipinski definition) is 0.